The third-order valence-corrected chi connectivity index (χ3v) is 3.53. The summed E-state index contributed by atoms with van der Waals surface area (Å²) in [5.41, 5.74) is 0.831. The van der Waals surface area contributed by atoms with Gasteiger partial charge in [-0.3, -0.25) is 14.7 Å². The topological polar surface area (TPSA) is 77.0 Å². The summed E-state index contributed by atoms with van der Waals surface area (Å²) < 4.78 is 13.3. The minimum Gasteiger partial charge on any atom is -0.357 e. The Morgan fingerprint density at radius 3 is 2.80 bits per heavy atom. The summed E-state index contributed by atoms with van der Waals surface area (Å²) >= 11 is 0. The standard InChI is InChI=1S/C16H22FN5O2.HI/c1-3-18-15(19-7-8-22-14(23)10-20-16(22)24)21(2)11-12-5-4-6-13(17)9-12;/h4-6,9H,3,7-8,10-11H2,1-2H3,(H,18,19)(H,20,24);1H. The van der Waals surface area contributed by atoms with E-state index in [1.54, 1.807) is 6.07 Å². The number of guanidine groups is 1. The van der Waals surface area contributed by atoms with E-state index < -0.39 is 0 Å². The molecule has 138 valence electrons. The molecule has 7 nitrogen and oxygen atoms in total. The Morgan fingerprint density at radius 2 is 2.20 bits per heavy atom. The molecule has 0 radical (unpaired) electrons. The van der Waals surface area contributed by atoms with Gasteiger partial charge in [-0.05, 0) is 24.6 Å². The summed E-state index contributed by atoms with van der Waals surface area (Å²) in [7, 11) is 1.85. The molecule has 0 aromatic heterocycles. The number of carbonyl (C=O) groups excluding carboxylic acids is 2. The summed E-state index contributed by atoms with van der Waals surface area (Å²) in [4.78, 5) is 30.4. The molecule has 1 aliphatic heterocycles. The van der Waals surface area contributed by atoms with Crippen LogP contribution in [0.2, 0.25) is 0 Å². The highest BCUT2D eigenvalue weighted by atomic mass is 127. The highest BCUT2D eigenvalue weighted by Crippen LogP contribution is 2.06. The maximum Gasteiger partial charge on any atom is 0.324 e. The molecule has 1 aliphatic rings. The van der Waals surface area contributed by atoms with Crippen molar-refractivity contribution in [2.45, 2.75) is 13.5 Å². The fourth-order valence-corrected chi connectivity index (χ4v) is 2.39. The summed E-state index contributed by atoms with van der Waals surface area (Å²) in [6.45, 7) is 3.69. The zero-order valence-electron chi connectivity index (χ0n) is 14.3. The number of carbonyl (C=O) groups is 2. The number of nitrogens with zero attached hydrogens (tertiary/aromatic N) is 3. The predicted octanol–water partition coefficient (Wildman–Crippen LogP) is 1.39. The number of benzene rings is 1. The van der Waals surface area contributed by atoms with Crippen molar-refractivity contribution in [3.05, 3.63) is 35.6 Å². The van der Waals surface area contributed by atoms with Crippen molar-refractivity contribution in [2.75, 3.05) is 33.2 Å². The maximum atomic E-state index is 13.3. The largest absolute Gasteiger partial charge is 0.357 e. The molecule has 3 amide bonds. The lowest BCUT2D eigenvalue weighted by molar-refractivity contribution is -0.124. The van der Waals surface area contributed by atoms with Crippen LogP contribution in [-0.4, -0.2) is 60.9 Å². The normalized spacial score (nSPS) is 14.2. The maximum absolute atomic E-state index is 13.3. The number of aliphatic imine (C=N–C) groups is 1. The summed E-state index contributed by atoms with van der Waals surface area (Å²) in [5.74, 6) is 0.114. The Kier molecular flexibility index (Phi) is 8.59. The van der Waals surface area contributed by atoms with Gasteiger partial charge in [-0.1, -0.05) is 12.1 Å². The summed E-state index contributed by atoms with van der Waals surface area (Å²) in [6.07, 6.45) is 0. The lowest BCUT2D eigenvalue weighted by Gasteiger charge is -2.22. The van der Waals surface area contributed by atoms with Crippen LogP contribution in [0.3, 0.4) is 0 Å². The zero-order valence-corrected chi connectivity index (χ0v) is 16.6. The fraction of sp³-hybridized carbons (Fsp3) is 0.438. The summed E-state index contributed by atoms with van der Waals surface area (Å²) in [5, 5.41) is 5.61. The minimum atomic E-state index is -0.381. The predicted molar refractivity (Wildman–Crippen MR) is 104 cm³/mol. The Bertz CT molecular complexity index is 625. The van der Waals surface area contributed by atoms with Crippen molar-refractivity contribution in [3.63, 3.8) is 0 Å². The van der Waals surface area contributed by atoms with Crippen LogP contribution in [-0.2, 0) is 11.3 Å². The second-order valence-corrected chi connectivity index (χ2v) is 5.43. The van der Waals surface area contributed by atoms with Gasteiger partial charge in [-0.25, -0.2) is 9.18 Å². The molecule has 1 aromatic carbocycles. The van der Waals surface area contributed by atoms with Gasteiger partial charge in [0.15, 0.2) is 5.96 Å². The van der Waals surface area contributed by atoms with E-state index in [1.165, 1.54) is 12.1 Å². The van der Waals surface area contributed by atoms with Gasteiger partial charge < -0.3 is 15.5 Å². The van der Waals surface area contributed by atoms with Crippen LogP contribution in [0.1, 0.15) is 12.5 Å². The first-order valence-corrected chi connectivity index (χ1v) is 7.83. The van der Waals surface area contributed by atoms with Crippen molar-refractivity contribution in [1.82, 2.24) is 20.4 Å². The van der Waals surface area contributed by atoms with E-state index in [-0.39, 0.29) is 54.8 Å². The Labute approximate surface area is 163 Å². The molecule has 0 bridgehead atoms. The molecule has 0 atom stereocenters. The quantitative estimate of drug-likeness (QED) is 0.290. The molecule has 9 heteroatoms. The van der Waals surface area contributed by atoms with E-state index in [1.807, 2.05) is 24.9 Å². The SMILES string of the molecule is CCNC(=NCCN1C(=O)CNC1=O)N(C)Cc1cccc(F)c1.I. The fourth-order valence-electron chi connectivity index (χ4n) is 2.39. The van der Waals surface area contributed by atoms with E-state index in [0.717, 1.165) is 10.5 Å². The van der Waals surface area contributed by atoms with Crippen LogP contribution < -0.4 is 10.6 Å². The number of urea groups is 1. The lowest BCUT2D eigenvalue weighted by Crippen LogP contribution is -2.39. The molecular weight excluding hydrogens is 440 g/mol. The van der Waals surface area contributed by atoms with E-state index in [0.29, 0.717) is 25.6 Å². The molecule has 0 saturated carbocycles. The van der Waals surface area contributed by atoms with Gasteiger partial charge >= 0.3 is 6.03 Å². The van der Waals surface area contributed by atoms with Gasteiger partial charge in [0.25, 0.3) is 0 Å². The molecular formula is C16H23FIN5O2. The van der Waals surface area contributed by atoms with Crippen molar-refractivity contribution >= 4 is 41.9 Å². The van der Waals surface area contributed by atoms with Gasteiger partial charge in [0.1, 0.15) is 5.82 Å². The van der Waals surface area contributed by atoms with E-state index in [4.69, 9.17) is 0 Å². The van der Waals surface area contributed by atoms with Crippen molar-refractivity contribution in [2.24, 2.45) is 4.99 Å². The minimum absolute atomic E-state index is 0. The molecule has 2 N–H and O–H groups in total. The van der Waals surface area contributed by atoms with Crippen LogP contribution in [0.4, 0.5) is 9.18 Å². The zero-order chi connectivity index (χ0) is 17.5. The van der Waals surface area contributed by atoms with Crippen LogP contribution in [0.5, 0.6) is 0 Å². The highest BCUT2D eigenvalue weighted by Gasteiger charge is 2.27. The van der Waals surface area contributed by atoms with Crippen molar-refractivity contribution < 1.29 is 14.0 Å². The average Bonchev–Trinajstić information content (AvgIpc) is 2.85. The molecule has 1 heterocycles. The Balaban J connectivity index is 0.00000312. The number of nitrogens with one attached hydrogen (secondary N) is 2. The molecule has 0 unspecified atom stereocenters. The highest BCUT2D eigenvalue weighted by molar-refractivity contribution is 14.0. The van der Waals surface area contributed by atoms with E-state index >= 15 is 0 Å². The molecule has 0 aliphatic carbocycles. The number of rotatable bonds is 6. The first-order chi connectivity index (χ1) is 11.5. The summed E-state index contributed by atoms with van der Waals surface area (Å²) in [6, 6.07) is 6.01. The van der Waals surface area contributed by atoms with Gasteiger partial charge in [0.2, 0.25) is 5.91 Å². The second kappa shape index (κ2) is 10.2. The van der Waals surface area contributed by atoms with Crippen LogP contribution in [0.15, 0.2) is 29.3 Å². The van der Waals surface area contributed by atoms with E-state index in [9.17, 15) is 14.0 Å². The van der Waals surface area contributed by atoms with Crippen LogP contribution in [0, 0.1) is 5.82 Å². The van der Waals surface area contributed by atoms with Gasteiger partial charge in [-0.2, -0.15) is 0 Å². The van der Waals surface area contributed by atoms with Crippen LogP contribution in [0.25, 0.3) is 0 Å². The third-order valence-electron chi connectivity index (χ3n) is 3.53. The molecule has 1 saturated heterocycles. The number of imide groups is 1. The monoisotopic (exact) mass is 463 g/mol. The smallest absolute Gasteiger partial charge is 0.324 e. The Hall–Kier alpha value is -1.91. The van der Waals surface area contributed by atoms with Crippen molar-refractivity contribution in [1.29, 1.82) is 0 Å². The molecule has 0 spiro atoms. The Morgan fingerprint density at radius 1 is 1.44 bits per heavy atom. The number of halogens is 2. The molecule has 1 aromatic rings. The number of amides is 3. The molecule has 2 rings (SSSR count). The van der Waals surface area contributed by atoms with Gasteiger partial charge in [0, 0.05) is 20.1 Å². The second-order valence-electron chi connectivity index (χ2n) is 5.43. The number of hydrogen-bond donors (Lipinski definition) is 2. The van der Waals surface area contributed by atoms with Crippen molar-refractivity contribution in [3.8, 4) is 0 Å². The molecule has 1 fully saturated rings. The van der Waals surface area contributed by atoms with Gasteiger partial charge in [-0.15, -0.1) is 24.0 Å². The average molecular weight is 463 g/mol. The first kappa shape index (κ1) is 21.1. The van der Waals surface area contributed by atoms with E-state index in [2.05, 4.69) is 15.6 Å². The number of hydrogen-bond acceptors (Lipinski definition) is 3. The first-order valence-electron chi connectivity index (χ1n) is 7.83. The van der Waals surface area contributed by atoms with Gasteiger partial charge in [0.05, 0.1) is 19.6 Å². The lowest BCUT2D eigenvalue weighted by atomic mass is 10.2. The third kappa shape index (κ3) is 6.15. The molecule has 25 heavy (non-hydrogen) atoms. The van der Waals surface area contributed by atoms with Crippen LogP contribution >= 0.6 is 24.0 Å².